The van der Waals surface area contributed by atoms with Gasteiger partial charge in [-0.15, -0.1) is 11.3 Å². The smallest absolute Gasteiger partial charge is 0.190 e. The van der Waals surface area contributed by atoms with Gasteiger partial charge in [0.2, 0.25) is 0 Å². The molecule has 0 radical (unpaired) electrons. The molecular formula is C10H12Br2O2S. The molecule has 0 spiro atoms. The molecule has 0 amide bonds. The SMILES string of the molecule is CCCCOCC(=O)c1cc(Br)sc1Br. The number of unbranched alkanes of at least 4 members (excludes halogenated alkanes) is 1. The summed E-state index contributed by atoms with van der Waals surface area (Å²) in [7, 11) is 0. The minimum absolute atomic E-state index is 0.0277. The molecule has 0 atom stereocenters. The number of thiophene rings is 1. The number of halogens is 2. The molecule has 0 bridgehead atoms. The van der Waals surface area contributed by atoms with E-state index in [4.69, 9.17) is 4.74 Å². The minimum Gasteiger partial charge on any atom is -0.373 e. The molecule has 1 rings (SSSR count). The molecule has 1 aromatic rings. The van der Waals surface area contributed by atoms with Gasteiger partial charge in [-0.3, -0.25) is 4.79 Å². The second kappa shape index (κ2) is 6.78. The van der Waals surface area contributed by atoms with Crippen molar-refractivity contribution < 1.29 is 9.53 Å². The van der Waals surface area contributed by atoms with Gasteiger partial charge in [0, 0.05) is 12.2 Å². The first-order valence-corrected chi connectivity index (χ1v) is 7.11. The lowest BCUT2D eigenvalue weighted by Crippen LogP contribution is -2.09. The van der Waals surface area contributed by atoms with E-state index in [1.54, 1.807) is 0 Å². The Morgan fingerprint density at radius 2 is 2.27 bits per heavy atom. The minimum atomic E-state index is 0.0277. The van der Waals surface area contributed by atoms with Crippen molar-refractivity contribution in [2.24, 2.45) is 0 Å². The first kappa shape index (κ1) is 13.4. The normalized spacial score (nSPS) is 10.6. The van der Waals surface area contributed by atoms with E-state index in [0.29, 0.717) is 12.2 Å². The van der Waals surface area contributed by atoms with Crippen LogP contribution in [0.25, 0.3) is 0 Å². The number of hydrogen-bond donors (Lipinski definition) is 0. The average Bonchev–Trinajstić information content (AvgIpc) is 2.52. The number of rotatable bonds is 6. The number of ether oxygens (including phenoxy) is 1. The van der Waals surface area contributed by atoms with E-state index in [0.717, 1.165) is 20.4 Å². The van der Waals surface area contributed by atoms with Crippen molar-refractivity contribution in [3.63, 3.8) is 0 Å². The summed E-state index contributed by atoms with van der Waals surface area (Å²) in [6, 6.07) is 1.82. The van der Waals surface area contributed by atoms with Crippen molar-refractivity contribution in [1.82, 2.24) is 0 Å². The first-order valence-electron chi connectivity index (χ1n) is 4.71. The van der Waals surface area contributed by atoms with Crippen molar-refractivity contribution in [1.29, 1.82) is 0 Å². The second-order valence-corrected chi connectivity index (χ2v) is 6.82. The fraction of sp³-hybridized carbons (Fsp3) is 0.500. The van der Waals surface area contributed by atoms with Gasteiger partial charge in [0.15, 0.2) is 5.78 Å². The van der Waals surface area contributed by atoms with Gasteiger partial charge in [0.1, 0.15) is 6.61 Å². The van der Waals surface area contributed by atoms with Crippen molar-refractivity contribution in [3.05, 3.63) is 19.2 Å². The second-order valence-electron chi connectivity index (χ2n) is 3.07. The van der Waals surface area contributed by atoms with Gasteiger partial charge in [-0.1, -0.05) is 13.3 Å². The summed E-state index contributed by atoms with van der Waals surface area (Å²) < 4.78 is 7.08. The van der Waals surface area contributed by atoms with E-state index >= 15 is 0 Å². The van der Waals surface area contributed by atoms with Crippen LogP contribution in [0.2, 0.25) is 0 Å². The van der Waals surface area contributed by atoms with Crippen LogP contribution in [0.3, 0.4) is 0 Å². The monoisotopic (exact) mass is 354 g/mol. The van der Waals surface area contributed by atoms with Gasteiger partial charge in [-0.05, 0) is 44.3 Å². The summed E-state index contributed by atoms with van der Waals surface area (Å²) in [6.45, 7) is 2.92. The molecule has 0 saturated heterocycles. The highest BCUT2D eigenvalue weighted by atomic mass is 79.9. The maximum absolute atomic E-state index is 11.7. The lowest BCUT2D eigenvalue weighted by Gasteiger charge is -2.01. The van der Waals surface area contributed by atoms with Crippen LogP contribution in [0.15, 0.2) is 13.6 Å². The molecule has 15 heavy (non-hydrogen) atoms. The summed E-state index contributed by atoms with van der Waals surface area (Å²) >= 11 is 8.19. The molecule has 1 aromatic heterocycles. The molecule has 0 aliphatic heterocycles. The Bertz CT molecular complexity index is 336. The summed E-state index contributed by atoms with van der Waals surface area (Å²) in [6.07, 6.45) is 2.09. The first-order chi connectivity index (χ1) is 7.15. The Labute approximate surface area is 110 Å². The quantitative estimate of drug-likeness (QED) is 0.562. The van der Waals surface area contributed by atoms with Gasteiger partial charge < -0.3 is 4.74 Å². The average molecular weight is 356 g/mol. The molecule has 0 aromatic carbocycles. The molecule has 2 nitrogen and oxygen atoms in total. The number of carbonyl (C=O) groups is 1. The largest absolute Gasteiger partial charge is 0.373 e. The standard InChI is InChI=1S/C10H12Br2O2S/c1-2-3-4-14-6-8(13)7-5-9(11)15-10(7)12/h5H,2-4,6H2,1H3. The van der Waals surface area contributed by atoms with Gasteiger partial charge in [-0.25, -0.2) is 0 Å². The number of carbonyl (C=O) groups excluding carboxylic acids is 1. The summed E-state index contributed by atoms with van der Waals surface area (Å²) in [4.78, 5) is 11.7. The molecule has 84 valence electrons. The fourth-order valence-corrected chi connectivity index (χ4v) is 3.88. The van der Waals surface area contributed by atoms with E-state index in [-0.39, 0.29) is 12.4 Å². The third-order valence-electron chi connectivity index (χ3n) is 1.83. The van der Waals surface area contributed by atoms with Crippen LogP contribution in [0, 0.1) is 0 Å². The van der Waals surface area contributed by atoms with Crippen LogP contribution in [0.1, 0.15) is 30.1 Å². The Kier molecular flexibility index (Phi) is 6.04. The predicted molar refractivity (Wildman–Crippen MR) is 69.8 cm³/mol. The third kappa shape index (κ3) is 4.34. The Hall–Kier alpha value is 0.290. The van der Waals surface area contributed by atoms with Gasteiger partial charge >= 0.3 is 0 Å². The zero-order chi connectivity index (χ0) is 11.3. The van der Waals surface area contributed by atoms with E-state index in [9.17, 15) is 4.79 Å². The van der Waals surface area contributed by atoms with Crippen LogP contribution in [0.5, 0.6) is 0 Å². The van der Waals surface area contributed by atoms with Crippen molar-refractivity contribution >= 4 is 49.0 Å². The summed E-state index contributed by atoms with van der Waals surface area (Å²) in [5.74, 6) is 0.0277. The van der Waals surface area contributed by atoms with Gasteiger partial charge in [-0.2, -0.15) is 0 Å². The van der Waals surface area contributed by atoms with E-state index in [2.05, 4.69) is 38.8 Å². The molecular weight excluding hydrogens is 344 g/mol. The molecule has 0 saturated carbocycles. The Morgan fingerprint density at radius 3 is 2.80 bits per heavy atom. The van der Waals surface area contributed by atoms with Crippen molar-refractivity contribution in [2.75, 3.05) is 13.2 Å². The molecule has 0 fully saturated rings. The third-order valence-corrected chi connectivity index (χ3v) is 4.17. The van der Waals surface area contributed by atoms with E-state index in [1.165, 1.54) is 11.3 Å². The van der Waals surface area contributed by atoms with Crippen LogP contribution in [-0.2, 0) is 4.74 Å². The van der Waals surface area contributed by atoms with E-state index < -0.39 is 0 Å². The molecule has 0 unspecified atom stereocenters. The topological polar surface area (TPSA) is 26.3 Å². The molecule has 1 heterocycles. The van der Waals surface area contributed by atoms with Crippen LogP contribution in [0.4, 0.5) is 0 Å². The number of Topliss-reactive ketones (excluding diaryl/α,β-unsaturated/α-hetero) is 1. The zero-order valence-electron chi connectivity index (χ0n) is 8.39. The fourth-order valence-electron chi connectivity index (χ4n) is 1.02. The Balaban J connectivity index is 2.43. The highest BCUT2D eigenvalue weighted by Crippen LogP contribution is 2.32. The van der Waals surface area contributed by atoms with Gasteiger partial charge in [0.25, 0.3) is 0 Å². The van der Waals surface area contributed by atoms with Crippen LogP contribution < -0.4 is 0 Å². The lowest BCUT2D eigenvalue weighted by atomic mass is 10.2. The van der Waals surface area contributed by atoms with Crippen molar-refractivity contribution in [3.8, 4) is 0 Å². The maximum atomic E-state index is 11.7. The highest BCUT2D eigenvalue weighted by Gasteiger charge is 2.13. The van der Waals surface area contributed by atoms with Crippen LogP contribution >= 0.6 is 43.2 Å². The van der Waals surface area contributed by atoms with Crippen LogP contribution in [-0.4, -0.2) is 19.0 Å². The number of hydrogen-bond acceptors (Lipinski definition) is 3. The summed E-state index contributed by atoms with van der Waals surface area (Å²) in [5, 5.41) is 0. The predicted octanol–water partition coefficient (Wildman–Crippen LogP) is 4.27. The lowest BCUT2D eigenvalue weighted by molar-refractivity contribution is 0.0754. The summed E-state index contributed by atoms with van der Waals surface area (Å²) in [5.41, 5.74) is 0.698. The maximum Gasteiger partial charge on any atom is 0.190 e. The highest BCUT2D eigenvalue weighted by molar-refractivity contribution is 9.12. The molecule has 5 heteroatoms. The Morgan fingerprint density at radius 1 is 1.53 bits per heavy atom. The molecule has 0 aliphatic carbocycles. The van der Waals surface area contributed by atoms with Gasteiger partial charge in [0.05, 0.1) is 7.57 Å². The van der Waals surface area contributed by atoms with Crippen molar-refractivity contribution in [2.45, 2.75) is 19.8 Å². The zero-order valence-corrected chi connectivity index (χ0v) is 12.4. The molecule has 0 N–H and O–H groups in total. The van der Waals surface area contributed by atoms with E-state index in [1.807, 2.05) is 6.07 Å². The number of ketones is 1. The molecule has 0 aliphatic rings.